The van der Waals surface area contributed by atoms with Crippen LogP contribution in [0.4, 0.5) is 19.0 Å². The zero-order valence-electron chi connectivity index (χ0n) is 14.0. The number of anilines is 1. The summed E-state index contributed by atoms with van der Waals surface area (Å²) in [5.74, 6) is -0.915. The van der Waals surface area contributed by atoms with E-state index in [0.29, 0.717) is 6.20 Å². The van der Waals surface area contributed by atoms with Crippen molar-refractivity contribution >= 4 is 23.4 Å². The molecule has 2 aromatic rings. The van der Waals surface area contributed by atoms with Gasteiger partial charge in [-0.25, -0.2) is 9.78 Å². The summed E-state index contributed by atoms with van der Waals surface area (Å²) >= 11 is 0.880. The third kappa shape index (κ3) is 3.66. The lowest BCUT2D eigenvalue weighted by molar-refractivity contribution is -0.137. The quantitative estimate of drug-likeness (QED) is 0.629. The molecular formula is C15H15F3N4O3S. The average Bonchev–Trinajstić information content (AvgIpc) is 2.58. The largest absolute Gasteiger partial charge is 0.417 e. The van der Waals surface area contributed by atoms with Gasteiger partial charge in [-0.05, 0) is 19.1 Å². The third-order valence-corrected chi connectivity index (χ3v) is 4.74. The smallest absolute Gasteiger partial charge is 0.384 e. The normalized spacial score (nSPS) is 12.8. The van der Waals surface area contributed by atoms with Gasteiger partial charge in [0.25, 0.3) is 5.56 Å². The van der Waals surface area contributed by atoms with E-state index >= 15 is 0 Å². The number of nitrogens with zero attached hydrogens (tertiary/aromatic N) is 3. The number of thioether (sulfide) groups is 1. The molecule has 0 spiro atoms. The van der Waals surface area contributed by atoms with E-state index in [1.165, 1.54) is 21.0 Å². The van der Waals surface area contributed by atoms with Crippen LogP contribution in [0.2, 0.25) is 0 Å². The monoisotopic (exact) mass is 388 g/mol. The van der Waals surface area contributed by atoms with Crippen molar-refractivity contribution in [2.24, 2.45) is 14.1 Å². The number of nitrogens with two attached hydrogens (primary N) is 1. The van der Waals surface area contributed by atoms with Gasteiger partial charge in [0.2, 0.25) is 0 Å². The highest BCUT2D eigenvalue weighted by atomic mass is 32.2. The summed E-state index contributed by atoms with van der Waals surface area (Å²) in [5, 5.41) is -0.675. The lowest BCUT2D eigenvalue weighted by Gasteiger charge is -2.14. The van der Waals surface area contributed by atoms with Crippen LogP contribution in [-0.2, 0) is 20.3 Å². The Morgan fingerprint density at radius 1 is 1.23 bits per heavy atom. The summed E-state index contributed by atoms with van der Waals surface area (Å²) in [7, 11) is 2.54. The molecule has 0 radical (unpaired) electrons. The Bertz CT molecular complexity index is 964. The molecule has 0 fully saturated rings. The van der Waals surface area contributed by atoms with Gasteiger partial charge in [0, 0.05) is 20.3 Å². The molecule has 0 aliphatic rings. The second-order valence-electron chi connectivity index (χ2n) is 5.47. The van der Waals surface area contributed by atoms with Gasteiger partial charge in [0.1, 0.15) is 11.4 Å². The summed E-state index contributed by atoms with van der Waals surface area (Å²) in [4.78, 5) is 40.3. The van der Waals surface area contributed by atoms with Crippen molar-refractivity contribution in [1.29, 1.82) is 0 Å². The molecule has 0 unspecified atom stereocenters. The van der Waals surface area contributed by atoms with Gasteiger partial charge in [0.15, 0.2) is 5.78 Å². The molecule has 2 rings (SSSR count). The first-order chi connectivity index (χ1) is 11.9. The lowest BCUT2D eigenvalue weighted by atomic mass is 10.1. The minimum atomic E-state index is -4.51. The highest BCUT2D eigenvalue weighted by Gasteiger charge is 2.31. The number of alkyl halides is 3. The number of hydrogen-bond donors (Lipinski definition) is 1. The van der Waals surface area contributed by atoms with E-state index in [-0.39, 0.29) is 16.4 Å². The van der Waals surface area contributed by atoms with Crippen LogP contribution in [0.5, 0.6) is 0 Å². The minimum Gasteiger partial charge on any atom is -0.384 e. The van der Waals surface area contributed by atoms with Gasteiger partial charge in [-0.15, -0.1) is 0 Å². The molecule has 0 bridgehead atoms. The summed E-state index contributed by atoms with van der Waals surface area (Å²) < 4.78 is 39.4. The Morgan fingerprint density at radius 3 is 2.35 bits per heavy atom. The molecule has 0 saturated heterocycles. The van der Waals surface area contributed by atoms with Crippen molar-refractivity contribution < 1.29 is 18.0 Å². The second-order valence-corrected chi connectivity index (χ2v) is 6.83. The number of rotatable bonds is 4. The van der Waals surface area contributed by atoms with Crippen LogP contribution in [0.25, 0.3) is 0 Å². The number of Topliss-reactive ketones (excluding diaryl/α,β-unsaturated/α-hetero) is 1. The van der Waals surface area contributed by atoms with Crippen LogP contribution in [0.15, 0.2) is 32.9 Å². The standard InChI is InChI=1S/C15H15F3N4O3S/c1-7(26-9-5-4-8(6-20-9)15(16,17)18)11(23)10-12(19)21(2)14(25)22(3)13(10)24/h4-7H,19H2,1-3H3/t7-/m0/s1. The molecule has 140 valence electrons. The Morgan fingerprint density at radius 2 is 1.85 bits per heavy atom. The van der Waals surface area contributed by atoms with Gasteiger partial charge in [-0.2, -0.15) is 13.2 Å². The van der Waals surface area contributed by atoms with E-state index in [9.17, 15) is 27.6 Å². The van der Waals surface area contributed by atoms with Crippen LogP contribution in [-0.4, -0.2) is 25.2 Å². The van der Waals surface area contributed by atoms with Crippen LogP contribution in [0.1, 0.15) is 22.8 Å². The maximum absolute atomic E-state index is 12.6. The van der Waals surface area contributed by atoms with E-state index in [0.717, 1.165) is 33.0 Å². The summed E-state index contributed by atoms with van der Waals surface area (Å²) in [6, 6.07) is 1.99. The van der Waals surface area contributed by atoms with E-state index in [1.54, 1.807) is 0 Å². The number of pyridine rings is 1. The van der Waals surface area contributed by atoms with Crippen molar-refractivity contribution in [3.63, 3.8) is 0 Å². The van der Waals surface area contributed by atoms with Gasteiger partial charge < -0.3 is 5.73 Å². The number of ketones is 1. The van der Waals surface area contributed by atoms with Gasteiger partial charge >= 0.3 is 11.9 Å². The fraction of sp³-hybridized carbons (Fsp3) is 0.333. The zero-order chi connectivity index (χ0) is 19.8. The molecule has 0 amide bonds. The topological polar surface area (TPSA) is 100.0 Å². The Balaban J connectivity index is 2.32. The molecule has 2 N–H and O–H groups in total. The second kappa shape index (κ2) is 6.98. The summed E-state index contributed by atoms with van der Waals surface area (Å²) in [6.45, 7) is 1.47. The van der Waals surface area contributed by atoms with E-state index in [2.05, 4.69) is 4.98 Å². The average molecular weight is 388 g/mol. The van der Waals surface area contributed by atoms with Crippen molar-refractivity contribution in [2.75, 3.05) is 5.73 Å². The number of nitrogen functional groups attached to an aromatic ring is 1. The number of halogens is 3. The lowest BCUT2D eigenvalue weighted by Crippen LogP contribution is -2.42. The van der Waals surface area contributed by atoms with E-state index < -0.39 is 34.0 Å². The van der Waals surface area contributed by atoms with Crippen molar-refractivity contribution in [3.8, 4) is 0 Å². The maximum atomic E-state index is 12.6. The molecule has 0 aromatic carbocycles. The highest BCUT2D eigenvalue weighted by molar-refractivity contribution is 8.00. The SMILES string of the molecule is C[C@H](Sc1ccc(C(F)(F)F)cn1)C(=O)c1c(N)n(C)c(=O)n(C)c1=O. The highest BCUT2D eigenvalue weighted by Crippen LogP contribution is 2.30. The first-order valence-corrected chi connectivity index (χ1v) is 8.12. The van der Waals surface area contributed by atoms with Crippen molar-refractivity contribution in [1.82, 2.24) is 14.1 Å². The first-order valence-electron chi connectivity index (χ1n) is 7.24. The minimum absolute atomic E-state index is 0.180. The Hall–Kier alpha value is -2.56. The Kier molecular flexibility index (Phi) is 5.31. The number of carbonyl (C=O) groups is 1. The zero-order valence-corrected chi connectivity index (χ0v) is 14.8. The van der Waals surface area contributed by atoms with E-state index in [1.807, 2.05) is 0 Å². The van der Waals surface area contributed by atoms with Gasteiger partial charge in [-0.1, -0.05) is 11.8 Å². The number of carbonyl (C=O) groups excluding carboxylic acids is 1. The predicted octanol–water partition coefficient (Wildman–Crippen LogP) is 1.44. The molecule has 2 heterocycles. The molecule has 0 aliphatic carbocycles. The molecule has 0 aliphatic heterocycles. The molecule has 26 heavy (non-hydrogen) atoms. The summed E-state index contributed by atoms with van der Waals surface area (Å²) in [5.41, 5.74) is 2.98. The third-order valence-electron chi connectivity index (χ3n) is 3.69. The van der Waals surface area contributed by atoms with Gasteiger partial charge in [-0.3, -0.25) is 18.7 Å². The molecule has 11 heteroatoms. The molecule has 2 aromatic heterocycles. The van der Waals surface area contributed by atoms with Crippen LogP contribution in [0.3, 0.4) is 0 Å². The van der Waals surface area contributed by atoms with Crippen LogP contribution >= 0.6 is 11.8 Å². The molecule has 1 atom stereocenters. The van der Waals surface area contributed by atoms with Crippen LogP contribution < -0.4 is 17.0 Å². The summed E-state index contributed by atoms with van der Waals surface area (Å²) in [6.07, 6.45) is -3.84. The Labute approximate surface area is 149 Å². The fourth-order valence-electron chi connectivity index (χ4n) is 2.15. The maximum Gasteiger partial charge on any atom is 0.417 e. The van der Waals surface area contributed by atoms with Crippen LogP contribution in [0, 0.1) is 0 Å². The van der Waals surface area contributed by atoms with Crippen molar-refractivity contribution in [3.05, 3.63) is 50.3 Å². The predicted molar refractivity (Wildman–Crippen MR) is 90.2 cm³/mol. The van der Waals surface area contributed by atoms with Crippen molar-refractivity contribution in [2.45, 2.75) is 23.4 Å². The van der Waals surface area contributed by atoms with E-state index in [4.69, 9.17) is 5.73 Å². The molecular weight excluding hydrogens is 373 g/mol. The molecule has 0 saturated carbocycles. The number of aromatic nitrogens is 3. The fourth-order valence-corrected chi connectivity index (χ4v) is 2.99. The van der Waals surface area contributed by atoms with Gasteiger partial charge in [0.05, 0.1) is 15.8 Å². The molecule has 7 nitrogen and oxygen atoms in total. The number of hydrogen-bond acceptors (Lipinski definition) is 6. The first kappa shape index (κ1) is 19.8.